The number of likely N-dealkylation sites (tertiary alicyclic amines) is 1. The minimum absolute atomic E-state index is 0.135. The molecular formula is C41H41N5O3. The van der Waals surface area contributed by atoms with Crippen molar-refractivity contribution in [1.82, 2.24) is 24.8 Å². The molecule has 1 aliphatic heterocycles. The molecule has 0 unspecified atom stereocenters. The molecule has 49 heavy (non-hydrogen) atoms. The van der Waals surface area contributed by atoms with Crippen LogP contribution in [0.5, 0.6) is 0 Å². The van der Waals surface area contributed by atoms with E-state index >= 15 is 0 Å². The summed E-state index contributed by atoms with van der Waals surface area (Å²) in [7, 11) is 0. The van der Waals surface area contributed by atoms with Gasteiger partial charge in [0.1, 0.15) is 6.04 Å². The number of pyridine rings is 1. The van der Waals surface area contributed by atoms with Crippen LogP contribution in [0.1, 0.15) is 35.1 Å². The van der Waals surface area contributed by atoms with E-state index < -0.39 is 12.0 Å². The number of rotatable bonds is 11. The van der Waals surface area contributed by atoms with Crippen LogP contribution in [0.4, 0.5) is 0 Å². The molecular weight excluding hydrogens is 610 g/mol. The zero-order valence-electron chi connectivity index (χ0n) is 27.9. The Bertz CT molecular complexity index is 2100. The molecule has 6 aromatic rings. The first-order chi connectivity index (χ1) is 23.9. The van der Waals surface area contributed by atoms with Crippen LogP contribution in [0.3, 0.4) is 0 Å². The van der Waals surface area contributed by atoms with Crippen molar-refractivity contribution in [3.8, 4) is 44.8 Å². The fourth-order valence-corrected chi connectivity index (χ4v) is 7.14. The van der Waals surface area contributed by atoms with E-state index in [-0.39, 0.29) is 6.61 Å². The Kier molecular flexibility index (Phi) is 9.35. The number of aliphatic hydroxyl groups excluding tert-OH is 1. The minimum atomic E-state index is -0.739. The fraction of sp³-hybridized carbons (Fsp3) is 0.244. The van der Waals surface area contributed by atoms with Crippen molar-refractivity contribution < 1.29 is 15.0 Å². The first-order valence-electron chi connectivity index (χ1n) is 16.9. The SMILES string of the molecule is Cc1c(-c2ccc(CNCCO)cc2)cccc1-c1cccc(-c2ccn3c(-c4ccc(CN5CCC[C@@H]5C(=O)O)cc4)nnc3c2)c1C. The number of hydrogen-bond acceptors (Lipinski definition) is 6. The van der Waals surface area contributed by atoms with Crippen LogP contribution < -0.4 is 5.32 Å². The van der Waals surface area contributed by atoms with Crippen LogP contribution in [-0.4, -0.2) is 61.4 Å². The first kappa shape index (κ1) is 32.4. The Balaban J connectivity index is 1.13. The Labute approximate surface area is 286 Å². The van der Waals surface area contributed by atoms with Gasteiger partial charge in [-0.3, -0.25) is 14.1 Å². The zero-order valence-corrected chi connectivity index (χ0v) is 27.9. The summed E-state index contributed by atoms with van der Waals surface area (Å²) in [6.07, 6.45) is 3.66. The lowest BCUT2D eigenvalue weighted by molar-refractivity contribution is -0.142. The largest absolute Gasteiger partial charge is 0.480 e. The second kappa shape index (κ2) is 14.1. The van der Waals surface area contributed by atoms with Crippen molar-refractivity contribution in [3.05, 3.63) is 126 Å². The molecule has 3 N–H and O–H groups in total. The van der Waals surface area contributed by atoms with Crippen molar-refractivity contribution in [2.45, 2.75) is 45.8 Å². The Hall–Kier alpha value is -5.15. The minimum Gasteiger partial charge on any atom is -0.480 e. The highest BCUT2D eigenvalue weighted by molar-refractivity contribution is 5.84. The fourth-order valence-electron chi connectivity index (χ4n) is 7.14. The lowest BCUT2D eigenvalue weighted by atomic mass is 9.88. The van der Waals surface area contributed by atoms with Gasteiger partial charge in [-0.25, -0.2) is 0 Å². The molecule has 248 valence electrons. The number of aliphatic hydroxyl groups is 1. The van der Waals surface area contributed by atoms with Crippen LogP contribution >= 0.6 is 0 Å². The highest BCUT2D eigenvalue weighted by Crippen LogP contribution is 2.37. The predicted molar refractivity (Wildman–Crippen MR) is 194 cm³/mol. The first-order valence-corrected chi connectivity index (χ1v) is 16.9. The van der Waals surface area contributed by atoms with Gasteiger partial charge in [-0.1, -0.05) is 84.9 Å². The topological polar surface area (TPSA) is 103 Å². The summed E-state index contributed by atoms with van der Waals surface area (Å²) >= 11 is 0. The average molecular weight is 652 g/mol. The summed E-state index contributed by atoms with van der Waals surface area (Å²) in [5.74, 6) is 0.0295. The van der Waals surface area contributed by atoms with E-state index in [0.29, 0.717) is 19.5 Å². The molecule has 8 heteroatoms. The number of hydrogen-bond donors (Lipinski definition) is 3. The van der Waals surface area contributed by atoms with E-state index in [4.69, 9.17) is 5.11 Å². The molecule has 2 aromatic heterocycles. The van der Waals surface area contributed by atoms with Gasteiger partial charge in [-0.15, -0.1) is 10.2 Å². The molecule has 0 amide bonds. The van der Waals surface area contributed by atoms with E-state index in [0.717, 1.165) is 53.2 Å². The van der Waals surface area contributed by atoms with Crippen LogP contribution in [0.15, 0.2) is 103 Å². The maximum atomic E-state index is 11.6. The molecule has 1 saturated heterocycles. The average Bonchev–Trinajstić information content (AvgIpc) is 3.77. The Morgan fingerprint density at radius 2 is 1.43 bits per heavy atom. The van der Waals surface area contributed by atoms with Gasteiger partial charge >= 0.3 is 5.97 Å². The standard InChI is InChI=1S/C41H41N5O3/c1-27-34(31-15-11-29(12-16-31)25-42-20-23-47)6-3-8-36(27)37-9-4-7-35(28(37)2)33-19-22-46-39(24-33)43-44-40(46)32-17-13-30(14-18-32)26-45-21-5-10-38(45)41(48)49/h3-4,6-9,11-19,22,24,38,42,47H,5,10,20-21,23,25-26H2,1-2H3,(H,48,49)/t38-/m1/s1. The number of nitrogens with one attached hydrogen (secondary N) is 1. The van der Waals surface area contributed by atoms with Crippen LogP contribution in [0.25, 0.3) is 50.4 Å². The number of fused-ring (bicyclic) bond motifs is 1. The van der Waals surface area contributed by atoms with Gasteiger partial charge in [-0.05, 0) is 101 Å². The monoisotopic (exact) mass is 651 g/mol. The quantitative estimate of drug-likeness (QED) is 0.128. The second-order valence-corrected chi connectivity index (χ2v) is 12.9. The van der Waals surface area contributed by atoms with Crippen LogP contribution in [0, 0.1) is 13.8 Å². The van der Waals surface area contributed by atoms with Gasteiger partial charge < -0.3 is 15.5 Å². The molecule has 7 rings (SSSR count). The van der Waals surface area contributed by atoms with E-state index in [2.05, 4.69) is 114 Å². The van der Waals surface area contributed by atoms with E-state index in [9.17, 15) is 9.90 Å². The molecule has 1 atom stereocenters. The number of aromatic nitrogens is 3. The van der Waals surface area contributed by atoms with E-state index in [1.165, 1.54) is 38.9 Å². The molecule has 0 spiro atoms. The smallest absolute Gasteiger partial charge is 0.320 e. The van der Waals surface area contributed by atoms with Crippen LogP contribution in [0.2, 0.25) is 0 Å². The third-order valence-corrected chi connectivity index (χ3v) is 9.81. The van der Waals surface area contributed by atoms with E-state index in [1.807, 2.05) is 27.6 Å². The number of aliphatic carboxylic acids is 1. The lowest BCUT2D eigenvalue weighted by Crippen LogP contribution is -2.35. The summed E-state index contributed by atoms with van der Waals surface area (Å²) in [6.45, 7) is 7.28. The summed E-state index contributed by atoms with van der Waals surface area (Å²) in [5.41, 5.74) is 13.5. The third kappa shape index (κ3) is 6.63. The summed E-state index contributed by atoms with van der Waals surface area (Å²) in [4.78, 5) is 13.6. The lowest BCUT2D eigenvalue weighted by Gasteiger charge is -2.21. The molecule has 8 nitrogen and oxygen atoms in total. The molecule has 4 aromatic carbocycles. The highest BCUT2D eigenvalue weighted by Gasteiger charge is 2.30. The molecule has 0 bridgehead atoms. The predicted octanol–water partition coefficient (Wildman–Crippen LogP) is 7.15. The molecule has 0 aliphatic carbocycles. The van der Waals surface area contributed by atoms with Crippen molar-refractivity contribution in [2.24, 2.45) is 0 Å². The number of carboxylic acid groups (broad SMARTS) is 1. The molecule has 3 heterocycles. The third-order valence-electron chi connectivity index (χ3n) is 9.81. The summed E-state index contributed by atoms with van der Waals surface area (Å²) in [6, 6.07) is 33.7. The molecule has 1 aliphatic rings. The molecule has 0 radical (unpaired) electrons. The van der Waals surface area contributed by atoms with Crippen molar-refractivity contribution in [2.75, 3.05) is 19.7 Å². The van der Waals surface area contributed by atoms with Gasteiger partial charge in [0.15, 0.2) is 11.5 Å². The maximum Gasteiger partial charge on any atom is 0.320 e. The normalized spacial score (nSPS) is 14.9. The van der Waals surface area contributed by atoms with Gasteiger partial charge in [0.25, 0.3) is 0 Å². The number of benzene rings is 4. The van der Waals surface area contributed by atoms with Crippen molar-refractivity contribution >= 4 is 11.6 Å². The van der Waals surface area contributed by atoms with Gasteiger partial charge in [0, 0.05) is 31.4 Å². The number of carboxylic acids is 1. The highest BCUT2D eigenvalue weighted by atomic mass is 16.4. The second-order valence-electron chi connectivity index (χ2n) is 12.9. The van der Waals surface area contributed by atoms with Gasteiger partial charge in [0.05, 0.1) is 6.61 Å². The Morgan fingerprint density at radius 3 is 2.10 bits per heavy atom. The Morgan fingerprint density at radius 1 is 0.796 bits per heavy atom. The van der Waals surface area contributed by atoms with E-state index in [1.54, 1.807) is 0 Å². The number of nitrogens with zero attached hydrogens (tertiary/aromatic N) is 4. The van der Waals surface area contributed by atoms with Crippen LogP contribution in [-0.2, 0) is 17.9 Å². The number of carbonyl (C=O) groups is 1. The zero-order chi connectivity index (χ0) is 33.9. The van der Waals surface area contributed by atoms with Crippen molar-refractivity contribution in [3.63, 3.8) is 0 Å². The molecule has 0 saturated carbocycles. The molecule has 1 fully saturated rings. The van der Waals surface area contributed by atoms with Gasteiger partial charge in [0.2, 0.25) is 0 Å². The maximum absolute atomic E-state index is 11.6. The van der Waals surface area contributed by atoms with Crippen molar-refractivity contribution in [1.29, 1.82) is 0 Å². The summed E-state index contributed by atoms with van der Waals surface area (Å²) < 4.78 is 2.01. The summed E-state index contributed by atoms with van der Waals surface area (Å²) in [5, 5.41) is 30.9. The van der Waals surface area contributed by atoms with Gasteiger partial charge in [-0.2, -0.15) is 0 Å².